The van der Waals surface area contributed by atoms with Gasteiger partial charge in [0.15, 0.2) is 5.82 Å². The number of carbonyl (C=O) groups excluding carboxylic acids is 1. The van der Waals surface area contributed by atoms with Crippen LogP contribution in [0.2, 0.25) is 0 Å². The molecule has 0 aliphatic rings. The lowest BCUT2D eigenvalue weighted by Gasteiger charge is -2.18. The van der Waals surface area contributed by atoms with Crippen molar-refractivity contribution in [2.75, 3.05) is 12.4 Å². The molecule has 0 saturated carbocycles. The Morgan fingerprint density at radius 1 is 1.09 bits per heavy atom. The number of rotatable bonds is 6. The second kappa shape index (κ2) is 8.67. The van der Waals surface area contributed by atoms with Gasteiger partial charge >= 0.3 is 6.09 Å². The highest BCUT2D eigenvalue weighted by molar-refractivity contribution is 5.85. The van der Waals surface area contributed by atoms with Crippen LogP contribution in [0.4, 0.5) is 10.6 Å². The summed E-state index contributed by atoms with van der Waals surface area (Å²) < 4.78 is 9.02. The Kier molecular flexibility index (Phi) is 5.78. The molecule has 3 aromatic heterocycles. The normalized spacial score (nSPS) is 11.5. The zero-order valence-electron chi connectivity index (χ0n) is 18.4. The molecule has 1 aromatic carbocycles. The first-order valence-corrected chi connectivity index (χ1v) is 10.1. The number of fused-ring (bicyclic) bond motifs is 1. The number of hydrogen-bond acceptors (Lipinski definition) is 7. The van der Waals surface area contributed by atoms with E-state index >= 15 is 0 Å². The number of nitrogens with zero attached hydrogens (tertiary/aromatic N) is 5. The number of ether oxygens (including phenoxy) is 1. The van der Waals surface area contributed by atoms with Crippen molar-refractivity contribution in [2.24, 2.45) is 0 Å². The lowest BCUT2D eigenvalue weighted by Crippen LogP contribution is -2.26. The van der Waals surface area contributed by atoms with Gasteiger partial charge in [0.25, 0.3) is 0 Å². The standard InChI is InChI=1S/C22H25N7O3/c1-22(2,3)29-10-8-19(27-29)26-21(30)32-28-9-7-15-11-17(5-6-18(15)28)31-20-12-16(13-23-4)24-14-25-20/h5-12,14,23H,13H2,1-4H3,(H,26,27,30). The first-order chi connectivity index (χ1) is 15.3. The van der Waals surface area contributed by atoms with Gasteiger partial charge in [-0.1, -0.05) is 0 Å². The van der Waals surface area contributed by atoms with Crippen molar-refractivity contribution in [3.05, 3.63) is 60.8 Å². The van der Waals surface area contributed by atoms with E-state index in [1.165, 1.54) is 11.1 Å². The highest BCUT2D eigenvalue weighted by Crippen LogP contribution is 2.25. The Morgan fingerprint density at radius 2 is 1.94 bits per heavy atom. The molecule has 0 unspecified atom stereocenters. The van der Waals surface area contributed by atoms with Crippen molar-refractivity contribution in [1.29, 1.82) is 0 Å². The summed E-state index contributed by atoms with van der Waals surface area (Å²) in [4.78, 5) is 26.1. The van der Waals surface area contributed by atoms with Crippen LogP contribution in [0.5, 0.6) is 11.6 Å². The highest BCUT2D eigenvalue weighted by atomic mass is 16.7. The molecule has 0 saturated heterocycles. The summed E-state index contributed by atoms with van der Waals surface area (Å²) in [6, 6.07) is 10.8. The molecule has 0 atom stereocenters. The lowest BCUT2D eigenvalue weighted by atomic mass is 10.1. The Morgan fingerprint density at radius 3 is 2.69 bits per heavy atom. The molecule has 0 bridgehead atoms. The molecule has 3 heterocycles. The van der Waals surface area contributed by atoms with E-state index in [1.807, 2.05) is 52.2 Å². The molecule has 4 rings (SSSR count). The molecule has 166 valence electrons. The fraction of sp³-hybridized carbons (Fsp3) is 0.273. The fourth-order valence-electron chi connectivity index (χ4n) is 3.05. The molecule has 2 N–H and O–H groups in total. The molecule has 0 aliphatic heterocycles. The molecule has 0 aliphatic carbocycles. The van der Waals surface area contributed by atoms with Gasteiger partial charge in [0.2, 0.25) is 5.88 Å². The van der Waals surface area contributed by atoms with Crippen molar-refractivity contribution in [1.82, 2.24) is 29.8 Å². The molecule has 0 spiro atoms. The summed E-state index contributed by atoms with van der Waals surface area (Å²) in [6.45, 7) is 6.70. The van der Waals surface area contributed by atoms with Crippen molar-refractivity contribution in [3.8, 4) is 11.6 Å². The molecular weight excluding hydrogens is 410 g/mol. The molecule has 4 aromatic rings. The predicted molar refractivity (Wildman–Crippen MR) is 120 cm³/mol. The van der Waals surface area contributed by atoms with Crippen molar-refractivity contribution >= 4 is 22.8 Å². The Labute approximate surface area is 185 Å². The van der Waals surface area contributed by atoms with Crippen LogP contribution in [-0.2, 0) is 12.1 Å². The molecule has 1 amide bonds. The molecule has 10 nitrogen and oxygen atoms in total. The largest absolute Gasteiger partial charge is 0.439 e. The summed E-state index contributed by atoms with van der Waals surface area (Å²) in [5.41, 5.74) is 1.36. The fourth-order valence-corrected chi connectivity index (χ4v) is 3.05. The Hall–Kier alpha value is -3.92. The minimum absolute atomic E-state index is 0.180. The van der Waals surface area contributed by atoms with Gasteiger partial charge in [-0.05, 0) is 52.1 Å². The summed E-state index contributed by atoms with van der Waals surface area (Å²) in [5, 5.41) is 10.9. The SMILES string of the molecule is CNCc1cc(Oc2ccc3c(ccn3OC(=O)Nc3ccn(C(C)(C)C)n3)c2)ncn1. The number of amides is 1. The van der Waals surface area contributed by atoms with E-state index in [9.17, 15) is 4.79 Å². The van der Waals surface area contributed by atoms with Gasteiger partial charge in [-0.3, -0.25) is 10.00 Å². The smallest absolute Gasteiger partial charge is 0.437 e. The van der Waals surface area contributed by atoms with E-state index in [0.717, 1.165) is 11.1 Å². The number of carbonyl (C=O) groups is 1. The number of benzene rings is 1. The average Bonchev–Trinajstić information content (AvgIpc) is 3.36. The molecule has 0 radical (unpaired) electrons. The van der Waals surface area contributed by atoms with Crippen LogP contribution >= 0.6 is 0 Å². The third-order valence-electron chi connectivity index (χ3n) is 4.59. The van der Waals surface area contributed by atoms with Crippen molar-refractivity contribution in [2.45, 2.75) is 32.9 Å². The first kappa shape index (κ1) is 21.3. The van der Waals surface area contributed by atoms with Crippen LogP contribution in [0.25, 0.3) is 10.9 Å². The number of anilines is 1. The van der Waals surface area contributed by atoms with E-state index < -0.39 is 6.09 Å². The zero-order chi connectivity index (χ0) is 22.7. The second-order valence-electron chi connectivity index (χ2n) is 8.16. The highest BCUT2D eigenvalue weighted by Gasteiger charge is 2.16. The molecule has 0 fully saturated rings. The van der Waals surface area contributed by atoms with Crippen LogP contribution < -0.4 is 20.2 Å². The quantitative estimate of drug-likeness (QED) is 0.477. The van der Waals surface area contributed by atoms with E-state index in [1.54, 1.807) is 29.1 Å². The Balaban J connectivity index is 1.44. The van der Waals surface area contributed by atoms with Gasteiger partial charge < -0.3 is 14.9 Å². The van der Waals surface area contributed by atoms with Crippen LogP contribution in [0.1, 0.15) is 26.5 Å². The van der Waals surface area contributed by atoms with Gasteiger partial charge in [0.1, 0.15) is 12.1 Å². The van der Waals surface area contributed by atoms with Crippen molar-refractivity contribution < 1.29 is 14.4 Å². The summed E-state index contributed by atoms with van der Waals surface area (Å²) in [5.74, 6) is 1.48. The van der Waals surface area contributed by atoms with Crippen LogP contribution in [0, 0.1) is 0 Å². The Bertz CT molecular complexity index is 1240. The summed E-state index contributed by atoms with van der Waals surface area (Å²) in [7, 11) is 1.85. The molecule has 32 heavy (non-hydrogen) atoms. The number of aromatic nitrogens is 5. The van der Waals surface area contributed by atoms with E-state index in [2.05, 4.69) is 25.7 Å². The predicted octanol–water partition coefficient (Wildman–Crippen LogP) is 3.56. The maximum absolute atomic E-state index is 12.3. The average molecular weight is 435 g/mol. The minimum atomic E-state index is -0.639. The van der Waals surface area contributed by atoms with Gasteiger partial charge in [0, 0.05) is 36.5 Å². The summed E-state index contributed by atoms with van der Waals surface area (Å²) >= 11 is 0. The second-order valence-corrected chi connectivity index (χ2v) is 8.16. The third-order valence-corrected chi connectivity index (χ3v) is 4.59. The van der Waals surface area contributed by atoms with E-state index in [-0.39, 0.29) is 5.54 Å². The first-order valence-electron chi connectivity index (χ1n) is 10.1. The van der Waals surface area contributed by atoms with Crippen LogP contribution in [0.15, 0.2) is 55.1 Å². The van der Waals surface area contributed by atoms with Crippen LogP contribution in [0.3, 0.4) is 0 Å². The van der Waals surface area contributed by atoms with Gasteiger partial charge in [0.05, 0.1) is 16.7 Å². The monoisotopic (exact) mass is 435 g/mol. The maximum Gasteiger partial charge on any atom is 0.437 e. The topological polar surface area (TPSA) is 108 Å². The van der Waals surface area contributed by atoms with Gasteiger partial charge in [-0.2, -0.15) is 9.83 Å². The van der Waals surface area contributed by atoms with Crippen molar-refractivity contribution in [3.63, 3.8) is 0 Å². The van der Waals surface area contributed by atoms with Crippen LogP contribution in [-0.4, -0.2) is 37.6 Å². The minimum Gasteiger partial charge on any atom is -0.439 e. The maximum atomic E-state index is 12.3. The number of nitrogens with one attached hydrogen (secondary N) is 2. The van der Waals surface area contributed by atoms with Gasteiger partial charge in [-0.25, -0.2) is 14.8 Å². The summed E-state index contributed by atoms with van der Waals surface area (Å²) in [6.07, 6.45) is 4.30. The van der Waals surface area contributed by atoms with Gasteiger partial charge in [-0.15, -0.1) is 0 Å². The van der Waals surface area contributed by atoms with E-state index in [4.69, 9.17) is 9.57 Å². The third kappa shape index (κ3) is 4.86. The molecular formula is C22H25N7O3. The molecule has 10 heteroatoms. The number of hydrogen-bond donors (Lipinski definition) is 2. The zero-order valence-corrected chi connectivity index (χ0v) is 18.4. The van der Waals surface area contributed by atoms with E-state index in [0.29, 0.717) is 29.5 Å². The lowest BCUT2D eigenvalue weighted by molar-refractivity contribution is 0.153.